The molecule has 0 aliphatic heterocycles. The smallest absolute Gasteiger partial charge is 0.189 e. The molecule has 3 aromatic rings. The van der Waals surface area contributed by atoms with Crippen LogP contribution in [0.5, 0.6) is 5.75 Å². The van der Waals surface area contributed by atoms with Gasteiger partial charge in [0.15, 0.2) is 16.7 Å². The van der Waals surface area contributed by atoms with Gasteiger partial charge >= 0.3 is 0 Å². The van der Waals surface area contributed by atoms with Crippen LogP contribution in [-0.2, 0) is 6.42 Å². The number of hydrogen-bond acceptors (Lipinski definition) is 7. The molecule has 2 aliphatic carbocycles. The van der Waals surface area contributed by atoms with Crippen molar-refractivity contribution in [1.29, 1.82) is 0 Å². The number of aromatic nitrogens is 2. The molecule has 1 fully saturated rings. The van der Waals surface area contributed by atoms with E-state index in [9.17, 15) is 5.21 Å². The third kappa shape index (κ3) is 3.58. The van der Waals surface area contributed by atoms with Crippen molar-refractivity contribution < 1.29 is 9.94 Å². The SMILES string of the molecule is ON=C1CCCc2sc(Nc3nccc(-c4ccccc4)c3OC3CCC3)nc21. The van der Waals surface area contributed by atoms with E-state index in [4.69, 9.17) is 4.74 Å². The first-order valence-corrected chi connectivity index (χ1v) is 10.8. The first-order chi connectivity index (χ1) is 14.3. The second-order valence-electron chi connectivity index (χ2n) is 7.39. The van der Waals surface area contributed by atoms with Crippen LogP contribution in [0.3, 0.4) is 0 Å². The van der Waals surface area contributed by atoms with Crippen LogP contribution in [0.15, 0.2) is 47.8 Å². The summed E-state index contributed by atoms with van der Waals surface area (Å²) >= 11 is 1.59. The fraction of sp³-hybridized carbons (Fsp3) is 0.318. The Morgan fingerprint density at radius 1 is 1.10 bits per heavy atom. The third-order valence-corrected chi connectivity index (χ3v) is 6.49. The van der Waals surface area contributed by atoms with Gasteiger partial charge in [0.25, 0.3) is 0 Å². The molecular formula is C22H22N4O2S. The van der Waals surface area contributed by atoms with Gasteiger partial charge in [0.1, 0.15) is 11.4 Å². The minimum Gasteiger partial charge on any atom is -0.486 e. The summed E-state index contributed by atoms with van der Waals surface area (Å²) in [5.74, 6) is 1.44. The Hall–Kier alpha value is -2.93. The zero-order chi connectivity index (χ0) is 19.6. The van der Waals surface area contributed by atoms with Gasteiger partial charge in [-0.25, -0.2) is 9.97 Å². The molecule has 0 spiro atoms. The van der Waals surface area contributed by atoms with E-state index in [1.807, 2.05) is 24.3 Å². The molecule has 0 saturated heterocycles. The lowest BCUT2D eigenvalue weighted by Crippen LogP contribution is -2.25. The van der Waals surface area contributed by atoms with E-state index >= 15 is 0 Å². The lowest BCUT2D eigenvalue weighted by molar-refractivity contribution is 0.121. The van der Waals surface area contributed by atoms with Crippen LogP contribution in [0.25, 0.3) is 11.1 Å². The first kappa shape index (κ1) is 18.1. The van der Waals surface area contributed by atoms with Crippen molar-refractivity contribution in [2.24, 2.45) is 5.16 Å². The highest BCUT2D eigenvalue weighted by Gasteiger charge is 2.25. The van der Waals surface area contributed by atoms with Gasteiger partial charge in [-0.3, -0.25) is 0 Å². The molecule has 0 unspecified atom stereocenters. The topological polar surface area (TPSA) is 79.6 Å². The lowest BCUT2D eigenvalue weighted by Gasteiger charge is -2.28. The van der Waals surface area contributed by atoms with Gasteiger partial charge in [-0.05, 0) is 50.2 Å². The second-order valence-corrected chi connectivity index (χ2v) is 8.47. The molecule has 2 heterocycles. The molecule has 2 aliphatic rings. The summed E-state index contributed by atoms with van der Waals surface area (Å²) in [6.07, 6.45) is 8.07. The molecular weight excluding hydrogens is 384 g/mol. The maximum absolute atomic E-state index is 9.28. The highest BCUT2D eigenvalue weighted by atomic mass is 32.1. The fourth-order valence-electron chi connectivity index (χ4n) is 3.69. The van der Waals surface area contributed by atoms with Crippen molar-refractivity contribution in [2.75, 3.05) is 5.32 Å². The Bertz CT molecular complexity index is 1040. The van der Waals surface area contributed by atoms with E-state index < -0.39 is 0 Å². The minimum atomic E-state index is 0.236. The van der Waals surface area contributed by atoms with E-state index in [0.717, 1.165) is 64.7 Å². The predicted molar refractivity (Wildman–Crippen MR) is 115 cm³/mol. The zero-order valence-corrected chi connectivity index (χ0v) is 16.8. The van der Waals surface area contributed by atoms with Crippen LogP contribution in [0, 0.1) is 0 Å². The third-order valence-electron chi connectivity index (χ3n) is 5.46. The van der Waals surface area contributed by atoms with Crippen LogP contribution >= 0.6 is 11.3 Å². The standard InChI is InChI=1S/C22H22N4O2S/c27-26-17-10-5-11-18-19(17)24-22(29-18)25-21-20(28-15-8-4-9-15)16(12-13-23-21)14-6-2-1-3-7-14/h1-3,6-7,12-13,15,27H,4-5,8-11H2,(H,23,24,25). The molecule has 2 aromatic heterocycles. The molecule has 148 valence electrons. The number of nitrogens with zero attached hydrogens (tertiary/aromatic N) is 3. The number of nitrogens with one attached hydrogen (secondary N) is 1. The maximum atomic E-state index is 9.28. The van der Waals surface area contributed by atoms with Crippen molar-refractivity contribution in [3.63, 3.8) is 0 Å². The summed E-state index contributed by atoms with van der Waals surface area (Å²) in [6, 6.07) is 12.2. The van der Waals surface area contributed by atoms with Gasteiger partial charge < -0.3 is 15.3 Å². The number of ether oxygens (including phenoxy) is 1. The normalized spacial score (nSPS) is 17.6. The summed E-state index contributed by atoms with van der Waals surface area (Å²) in [4.78, 5) is 10.4. The quantitative estimate of drug-likeness (QED) is 0.438. The van der Waals surface area contributed by atoms with Gasteiger partial charge in [-0.1, -0.05) is 35.5 Å². The van der Waals surface area contributed by atoms with Gasteiger partial charge in [-0.15, -0.1) is 11.3 Å². The Labute approximate surface area is 173 Å². The fourth-order valence-corrected chi connectivity index (χ4v) is 4.72. The largest absolute Gasteiger partial charge is 0.486 e. The molecule has 2 N–H and O–H groups in total. The molecule has 0 atom stereocenters. The number of benzene rings is 1. The molecule has 0 bridgehead atoms. The van der Waals surface area contributed by atoms with Crippen molar-refractivity contribution in [3.05, 3.63) is 53.2 Å². The predicted octanol–water partition coefficient (Wildman–Crippen LogP) is 5.39. The highest BCUT2D eigenvalue weighted by Crippen LogP contribution is 2.40. The molecule has 7 heteroatoms. The molecule has 6 nitrogen and oxygen atoms in total. The Kier molecular flexibility index (Phi) is 4.89. The number of thiazole rings is 1. The Morgan fingerprint density at radius 2 is 1.97 bits per heavy atom. The van der Waals surface area contributed by atoms with Crippen LogP contribution < -0.4 is 10.1 Å². The number of anilines is 2. The first-order valence-electron chi connectivity index (χ1n) is 10.0. The van der Waals surface area contributed by atoms with E-state index in [0.29, 0.717) is 11.5 Å². The van der Waals surface area contributed by atoms with Crippen LogP contribution in [-0.4, -0.2) is 27.0 Å². The number of rotatable bonds is 5. The van der Waals surface area contributed by atoms with Gasteiger partial charge in [0.05, 0.1) is 6.10 Å². The van der Waals surface area contributed by atoms with Crippen molar-refractivity contribution in [2.45, 2.75) is 44.6 Å². The van der Waals surface area contributed by atoms with Crippen molar-refractivity contribution in [3.8, 4) is 16.9 Å². The lowest BCUT2D eigenvalue weighted by atomic mass is 9.96. The van der Waals surface area contributed by atoms with Crippen molar-refractivity contribution in [1.82, 2.24) is 9.97 Å². The van der Waals surface area contributed by atoms with Crippen LogP contribution in [0.4, 0.5) is 10.9 Å². The molecule has 0 amide bonds. The minimum absolute atomic E-state index is 0.236. The van der Waals surface area contributed by atoms with Gasteiger partial charge in [-0.2, -0.15) is 0 Å². The molecule has 29 heavy (non-hydrogen) atoms. The van der Waals surface area contributed by atoms with E-state index in [1.54, 1.807) is 17.5 Å². The summed E-state index contributed by atoms with van der Waals surface area (Å²) < 4.78 is 6.37. The number of aryl methyl sites for hydroxylation is 1. The molecule has 5 rings (SSSR count). The van der Waals surface area contributed by atoms with E-state index in [1.165, 1.54) is 6.42 Å². The van der Waals surface area contributed by atoms with Crippen molar-refractivity contribution >= 4 is 28.0 Å². The molecule has 1 aromatic carbocycles. The summed E-state index contributed by atoms with van der Waals surface area (Å²) in [6.45, 7) is 0. The second kappa shape index (κ2) is 7.83. The number of fused-ring (bicyclic) bond motifs is 1. The van der Waals surface area contributed by atoms with E-state index in [-0.39, 0.29) is 6.10 Å². The van der Waals surface area contributed by atoms with Gasteiger partial charge in [0, 0.05) is 16.6 Å². The van der Waals surface area contributed by atoms with E-state index in [2.05, 4.69) is 32.6 Å². The molecule has 0 radical (unpaired) electrons. The zero-order valence-electron chi connectivity index (χ0n) is 16.0. The Morgan fingerprint density at radius 3 is 2.72 bits per heavy atom. The maximum Gasteiger partial charge on any atom is 0.189 e. The van der Waals surface area contributed by atoms with Crippen LogP contribution in [0.2, 0.25) is 0 Å². The van der Waals surface area contributed by atoms with Crippen LogP contribution in [0.1, 0.15) is 42.7 Å². The van der Waals surface area contributed by atoms with Gasteiger partial charge in [0.2, 0.25) is 0 Å². The average molecular weight is 407 g/mol. The summed E-state index contributed by atoms with van der Waals surface area (Å²) in [7, 11) is 0. The average Bonchev–Trinajstić information content (AvgIpc) is 3.14. The number of oxime groups is 1. The molecule has 1 saturated carbocycles. The monoisotopic (exact) mass is 406 g/mol. The summed E-state index contributed by atoms with van der Waals surface area (Å²) in [5, 5.41) is 16.8. The number of hydrogen-bond donors (Lipinski definition) is 2. The number of pyridine rings is 1. The Balaban J connectivity index is 1.52. The highest BCUT2D eigenvalue weighted by molar-refractivity contribution is 7.16. The summed E-state index contributed by atoms with van der Waals surface area (Å²) in [5.41, 5.74) is 3.58.